The molecular weight excluding hydrogens is 798 g/mol. The van der Waals surface area contributed by atoms with Crippen molar-refractivity contribution in [1.82, 2.24) is 14.0 Å². The third-order valence-electron chi connectivity index (χ3n) is 8.99. The van der Waals surface area contributed by atoms with Crippen LogP contribution in [0.5, 0.6) is 0 Å². The van der Waals surface area contributed by atoms with Gasteiger partial charge in [0.1, 0.15) is 17.2 Å². The van der Waals surface area contributed by atoms with E-state index in [1.807, 2.05) is 95.0 Å². The van der Waals surface area contributed by atoms with Gasteiger partial charge in [0.05, 0.1) is 36.1 Å². The fourth-order valence-electron chi connectivity index (χ4n) is 5.44. The summed E-state index contributed by atoms with van der Waals surface area (Å²) in [6, 6.07) is 14.1. The summed E-state index contributed by atoms with van der Waals surface area (Å²) in [6.07, 6.45) is -1.12. The summed E-state index contributed by atoms with van der Waals surface area (Å²) in [5.41, 5.74) is 0.868. The average Bonchev–Trinajstić information content (AvgIpc) is 3.45. The Labute approximate surface area is 319 Å². The number of para-hydroxylation sites is 2. The van der Waals surface area contributed by atoms with Gasteiger partial charge in [0.2, 0.25) is 0 Å². The number of ether oxygens (including phenoxy) is 3. The Morgan fingerprint density at radius 2 is 1.12 bits per heavy atom. The lowest BCUT2D eigenvalue weighted by molar-refractivity contribution is -0.149. The van der Waals surface area contributed by atoms with Gasteiger partial charge in [0.25, 0.3) is 0 Å². The zero-order valence-electron chi connectivity index (χ0n) is 31.8. The van der Waals surface area contributed by atoms with Crippen molar-refractivity contribution in [2.75, 3.05) is 13.7 Å². The molecule has 4 rings (SSSR count). The van der Waals surface area contributed by atoms with Crippen LogP contribution in [0.4, 0.5) is 9.59 Å². The van der Waals surface area contributed by atoms with E-state index in [0.29, 0.717) is 31.4 Å². The molecule has 0 aliphatic rings. The Kier molecular flexibility index (Phi) is 12.1. The topological polar surface area (TPSA) is 101 Å². The molecule has 0 aliphatic heterocycles. The summed E-state index contributed by atoms with van der Waals surface area (Å²) in [5.74, 6) is -0.513. The molecule has 0 radical (unpaired) electrons. The van der Waals surface area contributed by atoms with Gasteiger partial charge >= 0.3 is 18.2 Å². The second-order valence-corrected chi connectivity index (χ2v) is 22.6. The standard InChI is InChI=1S/C38H51Br2N3O7Si/c1-36(2,3)49-34(45)42-26-19-15-13-17-24(26)31(39)28(42)21-41(30(33(44)47-10)23-48-51(11,12)38(7,8)9)22-29-32(40)25-18-14-16-20-27(25)43(29)35(46)50-37(4,5)6/h13-20,30H,21-23H2,1-12H3/t30-/m0/s1. The molecule has 0 saturated carbocycles. The first-order chi connectivity index (χ1) is 23.5. The Morgan fingerprint density at radius 3 is 1.47 bits per heavy atom. The van der Waals surface area contributed by atoms with Gasteiger partial charge in [0.15, 0.2) is 8.32 Å². The van der Waals surface area contributed by atoms with Gasteiger partial charge in [-0.3, -0.25) is 9.69 Å². The smallest absolute Gasteiger partial charge is 0.419 e. The highest BCUT2D eigenvalue weighted by molar-refractivity contribution is 9.11. The minimum Gasteiger partial charge on any atom is -0.468 e. The van der Waals surface area contributed by atoms with E-state index in [0.717, 1.165) is 10.8 Å². The maximum absolute atomic E-state index is 13.9. The van der Waals surface area contributed by atoms with Gasteiger partial charge in [-0.15, -0.1) is 0 Å². The number of nitrogens with zero attached hydrogens (tertiary/aromatic N) is 3. The van der Waals surface area contributed by atoms with Crippen LogP contribution in [0.3, 0.4) is 0 Å². The molecule has 10 nitrogen and oxygen atoms in total. The third kappa shape index (κ3) is 9.16. The number of hydrogen-bond donors (Lipinski definition) is 0. The van der Waals surface area contributed by atoms with E-state index in [9.17, 15) is 14.4 Å². The predicted molar refractivity (Wildman–Crippen MR) is 211 cm³/mol. The van der Waals surface area contributed by atoms with Gasteiger partial charge in [-0.2, -0.15) is 0 Å². The van der Waals surface area contributed by atoms with Crippen molar-refractivity contribution in [2.45, 2.75) is 111 Å². The van der Waals surface area contributed by atoms with E-state index in [4.69, 9.17) is 18.6 Å². The van der Waals surface area contributed by atoms with Crippen LogP contribution in [0.2, 0.25) is 18.1 Å². The molecule has 0 amide bonds. The highest BCUT2D eigenvalue weighted by Gasteiger charge is 2.40. The average molecular weight is 850 g/mol. The maximum atomic E-state index is 13.9. The van der Waals surface area contributed by atoms with E-state index in [2.05, 4.69) is 65.7 Å². The molecule has 51 heavy (non-hydrogen) atoms. The number of hydrogen-bond acceptors (Lipinski definition) is 8. The van der Waals surface area contributed by atoms with Crippen molar-refractivity contribution < 1.29 is 33.0 Å². The van der Waals surface area contributed by atoms with E-state index < -0.39 is 43.7 Å². The molecule has 0 spiro atoms. The summed E-state index contributed by atoms with van der Waals surface area (Å²) < 4.78 is 28.3. The van der Waals surface area contributed by atoms with Crippen LogP contribution in [0.25, 0.3) is 21.8 Å². The zero-order chi connectivity index (χ0) is 38.3. The molecule has 13 heteroatoms. The fraction of sp³-hybridized carbons (Fsp3) is 0.500. The van der Waals surface area contributed by atoms with E-state index in [-0.39, 0.29) is 24.7 Å². The van der Waals surface area contributed by atoms with Crippen LogP contribution >= 0.6 is 31.9 Å². The van der Waals surface area contributed by atoms with Crippen LogP contribution < -0.4 is 0 Å². The number of aromatic nitrogens is 2. The molecule has 0 fully saturated rings. The molecular formula is C38H51Br2N3O7Si. The highest BCUT2D eigenvalue weighted by Crippen LogP contribution is 2.39. The SMILES string of the molecule is COC(=O)[C@H](CO[Si](C)(C)C(C)(C)C)N(Cc1c(Br)c2ccccc2n1C(=O)OC(C)(C)C)Cc1c(Br)c2ccccc2n1C(=O)OC(C)(C)C. The van der Waals surface area contributed by atoms with Gasteiger partial charge < -0.3 is 18.6 Å². The van der Waals surface area contributed by atoms with Crippen molar-refractivity contribution in [3.8, 4) is 0 Å². The minimum absolute atomic E-state index is 0.0255. The van der Waals surface area contributed by atoms with Crippen LogP contribution in [-0.4, -0.2) is 71.5 Å². The normalized spacial score (nSPS) is 13.5. The number of methoxy groups -OCH3 is 1. The first kappa shape index (κ1) is 40.8. The van der Waals surface area contributed by atoms with Gasteiger partial charge in [-0.05, 0) is 104 Å². The molecule has 0 unspecified atom stereocenters. The van der Waals surface area contributed by atoms with Crippen molar-refractivity contribution in [1.29, 1.82) is 0 Å². The molecule has 1 atom stereocenters. The quantitative estimate of drug-likeness (QED) is 0.0933. The van der Waals surface area contributed by atoms with Gasteiger partial charge in [0, 0.05) is 32.8 Å². The van der Waals surface area contributed by atoms with Crippen molar-refractivity contribution >= 4 is 80.1 Å². The summed E-state index contributed by atoms with van der Waals surface area (Å²) in [7, 11) is -1.01. The van der Waals surface area contributed by atoms with Crippen molar-refractivity contribution in [3.63, 3.8) is 0 Å². The molecule has 0 saturated heterocycles. The van der Waals surface area contributed by atoms with Crippen molar-refractivity contribution in [3.05, 3.63) is 68.9 Å². The van der Waals surface area contributed by atoms with Crippen LogP contribution in [0.1, 0.15) is 73.7 Å². The van der Waals surface area contributed by atoms with E-state index in [1.54, 1.807) is 9.13 Å². The monoisotopic (exact) mass is 847 g/mol. The maximum Gasteiger partial charge on any atom is 0.419 e. The molecule has 0 bridgehead atoms. The second kappa shape index (κ2) is 15.2. The molecule has 4 aromatic rings. The summed E-state index contributed by atoms with van der Waals surface area (Å²) in [5, 5.41) is 1.47. The molecule has 0 N–H and O–H groups in total. The van der Waals surface area contributed by atoms with Gasteiger partial charge in [-0.25, -0.2) is 18.7 Å². The Hall–Kier alpha value is -2.97. The minimum atomic E-state index is -2.35. The molecule has 2 aromatic heterocycles. The Balaban J connectivity index is 1.97. The van der Waals surface area contributed by atoms with E-state index >= 15 is 0 Å². The van der Waals surface area contributed by atoms with E-state index in [1.165, 1.54) is 7.11 Å². The molecule has 278 valence electrons. The largest absolute Gasteiger partial charge is 0.468 e. The van der Waals surface area contributed by atoms with Crippen molar-refractivity contribution in [2.24, 2.45) is 0 Å². The first-order valence-electron chi connectivity index (χ1n) is 17.0. The first-order valence-corrected chi connectivity index (χ1v) is 21.4. The lowest BCUT2D eigenvalue weighted by atomic mass is 10.2. The number of carbonyl (C=O) groups is 3. The van der Waals surface area contributed by atoms with Gasteiger partial charge in [-0.1, -0.05) is 57.2 Å². The number of esters is 1. The zero-order valence-corrected chi connectivity index (χ0v) is 35.9. The number of fused-ring (bicyclic) bond motifs is 2. The molecule has 0 aliphatic carbocycles. The number of halogens is 2. The Bertz CT molecular complexity index is 1820. The molecule has 2 heterocycles. The highest BCUT2D eigenvalue weighted by atomic mass is 79.9. The van der Waals surface area contributed by atoms with Crippen LogP contribution in [0, 0.1) is 0 Å². The summed E-state index contributed by atoms with van der Waals surface area (Å²) >= 11 is 7.59. The summed E-state index contributed by atoms with van der Waals surface area (Å²) in [6.45, 7) is 21.7. The number of benzene rings is 2. The van der Waals surface area contributed by atoms with Crippen LogP contribution in [0.15, 0.2) is 57.5 Å². The molecule has 2 aromatic carbocycles. The fourth-order valence-corrected chi connectivity index (χ4v) is 7.73. The number of rotatable bonds is 9. The number of carbonyl (C=O) groups excluding carboxylic acids is 3. The second-order valence-electron chi connectivity index (χ2n) is 16.2. The third-order valence-corrected chi connectivity index (χ3v) is 15.3. The lowest BCUT2D eigenvalue weighted by Gasteiger charge is -2.38. The van der Waals surface area contributed by atoms with Crippen LogP contribution in [-0.2, 0) is 36.5 Å². The Morgan fingerprint density at radius 1 is 0.725 bits per heavy atom. The lowest BCUT2D eigenvalue weighted by Crippen LogP contribution is -2.49. The summed E-state index contributed by atoms with van der Waals surface area (Å²) in [4.78, 5) is 43.6. The predicted octanol–water partition coefficient (Wildman–Crippen LogP) is 10.3.